The summed E-state index contributed by atoms with van der Waals surface area (Å²) in [5.41, 5.74) is 1.29. The van der Waals surface area contributed by atoms with Crippen molar-refractivity contribution in [1.82, 2.24) is 9.55 Å². The van der Waals surface area contributed by atoms with Crippen LogP contribution in [0.4, 0.5) is 4.39 Å². The molecule has 0 atom stereocenters. The molecule has 0 aliphatic rings. The van der Waals surface area contributed by atoms with E-state index in [2.05, 4.69) is 4.98 Å². The number of carboxylic acid groups (broad SMARTS) is 1. The topological polar surface area (TPSA) is 57.9 Å². The van der Waals surface area contributed by atoms with E-state index in [1.165, 1.54) is 24.7 Å². The average molecular weight is 240 g/mol. The first kappa shape index (κ1) is 14.5. The monoisotopic (exact) mass is 240 g/mol. The van der Waals surface area contributed by atoms with E-state index in [-0.39, 0.29) is 31.1 Å². The summed E-state index contributed by atoms with van der Waals surface area (Å²) in [6.45, 7) is 0.389. The summed E-state index contributed by atoms with van der Waals surface area (Å²) in [5, 5.41) is 10.5. The fourth-order valence-corrected chi connectivity index (χ4v) is 1.62. The van der Waals surface area contributed by atoms with Gasteiger partial charge in [-0.1, -0.05) is 12.1 Å². The van der Waals surface area contributed by atoms with Crippen LogP contribution in [0.3, 0.4) is 0 Å². The molecule has 0 fully saturated rings. The Morgan fingerprint density at radius 3 is 2.89 bits per heavy atom. The van der Waals surface area contributed by atoms with Gasteiger partial charge in [0.1, 0.15) is 5.82 Å². The molecule has 0 N–H and O–H groups in total. The quantitative estimate of drug-likeness (QED) is 0.549. The second kappa shape index (κ2) is 6.38. The van der Waals surface area contributed by atoms with E-state index in [9.17, 15) is 14.3 Å². The first-order chi connectivity index (χ1) is 8.15. The van der Waals surface area contributed by atoms with Gasteiger partial charge in [-0.2, -0.15) is 0 Å². The fraction of sp³-hybridized carbons (Fsp3) is 0.167. The number of carboxylic acids is 1. The molecule has 6 heteroatoms. The molecule has 0 radical (unpaired) electrons. The van der Waals surface area contributed by atoms with Crippen LogP contribution in [0.25, 0.3) is 0 Å². The number of aromatic nitrogens is 2. The van der Waals surface area contributed by atoms with Crippen LogP contribution in [0.2, 0.25) is 0 Å². The number of imidazole rings is 1. The van der Waals surface area contributed by atoms with Crippen LogP contribution in [-0.2, 0) is 17.8 Å². The summed E-state index contributed by atoms with van der Waals surface area (Å²) in [4.78, 5) is 14.4. The van der Waals surface area contributed by atoms with Crippen LogP contribution in [0.5, 0.6) is 0 Å². The average Bonchev–Trinajstić information content (AvgIpc) is 2.65. The summed E-state index contributed by atoms with van der Waals surface area (Å²) >= 11 is 0. The van der Waals surface area contributed by atoms with Gasteiger partial charge in [-0.05, 0) is 17.7 Å². The van der Waals surface area contributed by atoms with E-state index < -0.39 is 5.97 Å². The van der Waals surface area contributed by atoms with Crippen molar-refractivity contribution in [3.05, 3.63) is 53.9 Å². The van der Waals surface area contributed by atoms with E-state index in [4.69, 9.17) is 0 Å². The molecule has 88 valence electrons. The molecule has 2 rings (SSSR count). The first-order valence-corrected chi connectivity index (χ1v) is 5.08. The molecule has 0 bridgehead atoms. The van der Waals surface area contributed by atoms with Gasteiger partial charge in [-0.3, -0.25) is 0 Å². The van der Waals surface area contributed by atoms with Crippen molar-refractivity contribution in [2.45, 2.75) is 13.0 Å². The Kier molecular flexibility index (Phi) is 5.14. The Hall–Kier alpha value is -1.57. The van der Waals surface area contributed by atoms with Crippen molar-refractivity contribution < 1.29 is 33.2 Å². The molecular weight excluding hydrogens is 230 g/mol. The number of carbonyl (C=O) groups is 1. The summed E-state index contributed by atoms with van der Waals surface area (Å²) in [7, 11) is 0. The standard InChI is InChI=1S/C12H11FN2O2.Li/c13-10-3-1-2-9(4-10)7-15-8-14-6-11(15)5-12(16)17;/h1-4,6,8H,5,7H2,(H,16,17);/q;+1/p-1. The molecule has 1 aromatic heterocycles. The molecule has 1 aromatic carbocycles. The predicted molar refractivity (Wildman–Crippen MR) is 56.4 cm³/mol. The second-order valence-corrected chi connectivity index (χ2v) is 3.69. The minimum Gasteiger partial charge on any atom is -0.550 e. The van der Waals surface area contributed by atoms with Crippen LogP contribution >= 0.6 is 0 Å². The predicted octanol–water partition coefficient (Wildman–Crippen LogP) is -2.63. The normalized spacial score (nSPS) is 9.83. The van der Waals surface area contributed by atoms with E-state index in [0.717, 1.165) is 5.56 Å². The van der Waals surface area contributed by atoms with Crippen molar-refractivity contribution >= 4 is 5.97 Å². The third-order valence-electron chi connectivity index (χ3n) is 2.37. The van der Waals surface area contributed by atoms with E-state index in [0.29, 0.717) is 12.2 Å². The number of hydrogen-bond acceptors (Lipinski definition) is 3. The number of aliphatic carboxylic acids is 1. The molecule has 1 heterocycles. The summed E-state index contributed by atoms with van der Waals surface area (Å²) in [6, 6.07) is 6.15. The van der Waals surface area contributed by atoms with Crippen LogP contribution in [-0.4, -0.2) is 15.5 Å². The van der Waals surface area contributed by atoms with Crippen LogP contribution in [0, 0.1) is 5.82 Å². The second-order valence-electron chi connectivity index (χ2n) is 3.69. The van der Waals surface area contributed by atoms with Crippen molar-refractivity contribution in [3.8, 4) is 0 Å². The van der Waals surface area contributed by atoms with Gasteiger partial charge in [-0.15, -0.1) is 0 Å². The van der Waals surface area contributed by atoms with Gasteiger partial charge in [0.15, 0.2) is 0 Å². The zero-order valence-corrected chi connectivity index (χ0v) is 9.97. The maximum Gasteiger partial charge on any atom is 1.00 e. The summed E-state index contributed by atoms with van der Waals surface area (Å²) < 4.78 is 14.6. The molecule has 0 amide bonds. The van der Waals surface area contributed by atoms with Gasteiger partial charge in [-0.25, -0.2) is 9.37 Å². The molecule has 0 aliphatic heterocycles. The van der Waals surface area contributed by atoms with E-state index in [1.54, 1.807) is 16.7 Å². The number of benzene rings is 1. The minimum absolute atomic E-state index is 0. The van der Waals surface area contributed by atoms with Crippen molar-refractivity contribution in [2.24, 2.45) is 0 Å². The van der Waals surface area contributed by atoms with Crippen LogP contribution in [0.15, 0.2) is 36.8 Å². The van der Waals surface area contributed by atoms with E-state index >= 15 is 0 Å². The number of rotatable bonds is 4. The zero-order chi connectivity index (χ0) is 12.3. The molecular formula is C12H10FLiN2O2. The van der Waals surface area contributed by atoms with Gasteiger partial charge in [0.2, 0.25) is 0 Å². The molecule has 2 aromatic rings. The van der Waals surface area contributed by atoms with Gasteiger partial charge < -0.3 is 14.5 Å². The summed E-state index contributed by atoms with van der Waals surface area (Å²) in [6.07, 6.45) is 2.79. The first-order valence-electron chi connectivity index (χ1n) is 5.08. The zero-order valence-electron chi connectivity index (χ0n) is 9.97. The largest absolute Gasteiger partial charge is 1.00 e. The fourth-order valence-electron chi connectivity index (χ4n) is 1.62. The SMILES string of the molecule is O=C([O-])Cc1cncn1Cc1cccc(F)c1.[Li+]. The van der Waals surface area contributed by atoms with Crippen molar-refractivity contribution in [2.75, 3.05) is 0 Å². The van der Waals surface area contributed by atoms with Crippen LogP contribution in [0.1, 0.15) is 11.3 Å². The molecule has 0 spiro atoms. The molecule has 0 saturated heterocycles. The van der Waals surface area contributed by atoms with Gasteiger partial charge in [0.05, 0.1) is 6.33 Å². The Morgan fingerprint density at radius 1 is 1.44 bits per heavy atom. The molecule has 0 aliphatic carbocycles. The number of halogens is 1. The Bertz CT molecular complexity index is 542. The number of nitrogens with zero attached hydrogens (tertiary/aromatic N) is 2. The van der Waals surface area contributed by atoms with Gasteiger partial charge in [0, 0.05) is 30.8 Å². The van der Waals surface area contributed by atoms with Crippen molar-refractivity contribution in [3.63, 3.8) is 0 Å². The summed E-state index contributed by atoms with van der Waals surface area (Å²) in [5.74, 6) is -1.48. The maximum absolute atomic E-state index is 13.0. The number of carbonyl (C=O) groups excluding carboxylic acids is 1. The van der Waals surface area contributed by atoms with Gasteiger partial charge in [0.25, 0.3) is 0 Å². The Labute approximate surface area is 116 Å². The third-order valence-corrected chi connectivity index (χ3v) is 2.37. The minimum atomic E-state index is -1.16. The smallest absolute Gasteiger partial charge is 0.550 e. The number of hydrogen-bond donors (Lipinski definition) is 0. The maximum atomic E-state index is 13.0. The molecule has 18 heavy (non-hydrogen) atoms. The van der Waals surface area contributed by atoms with Crippen LogP contribution < -0.4 is 24.0 Å². The Morgan fingerprint density at radius 2 is 2.22 bits per heavy atom. The van der Waals surface area contributed by atoms with Crippen molar-refractivity contribution in [1.29, 1.82) is 0 Å². The molecule has 4 nitrogen and oxygen atoms in total. The van der Waals surface area contributed by atoms with E-state index in [1.807, 2.05) is 0 Å². The van der Waals surface area contributed by atoms with Gasteiger partial charge >= 0.3 is 18.9 Å². The Balaban J connectivity index is 0.00000162. The molecule has 0 saturated carbocycles. The third kappa shape index (κ3) is 3.72. The molecule has 0 unspecified atom stereocenters.